The third-order valence-corrected chi connectivity index (χ3v) is 6.93. The third kappa shape index (κ3) is 6.60. The predicted molar refractivity (Wildman–Crippen MR) is 150 cm³/mol. The van der Waals surface area contributed by atoms with Crippen LogP contribution in [0.1, 0.15) is 91.7 Å². The first kappa shape index (κ1) is 28.6. The molecule has 10 nitrogen and oxygen atoms in total. The maximum atomic E-state index is 15.3. The Balaban J connectivity index is 1.66. The molecule has 1 aromatic heterocycles. The largest absolute Gasteiger partial charge is 0.368 e. The van der Waals surface area contributed by atoms with Gasteiger partial charge in [-0.15, -0.1) is 0 Å². The van der Waals surface area contributed by atoms with Crippen LogP contribution in [0.3, 0.4) is 0 Å². The molecule has 2 fully saturated rings. The minimum Gasteiger partial charge on any atom is -0.365 e. The molecule has 12 heteroatoms. The number of anilines is 1. The molecule has 0 atom stereocenters. The molecule has 1 aliphatic heterocycles. The summed E-state index contributed by atoms with van der Waals surface area (Å²) in [4.78, 5) is 21.2. The molecule has 1 aromatic carbocycles. The number of hydrogen-bond acceptors (Lipinski definition) is 6. The van der Waals surface area contributed by atoms with E-state index in [1.54, 1.807) is 0 Å². The summed E-state index contributed by atoms with van der Waals surface area (Å²) in [6.07, 6.45) is 3.29. The zero-order valence-corrected chi connectivity index (χ0v) is 23.8. The van der Waals surface area contributed by atoms with E-state index in [1.807, 2.05) is 13.8 Å². The molecule has 212 valence electrons. The van der Waals surface area contributed by atoms with Crippen molar-refractivity contribution in [3.05, 3.63) is 45.6 Å². The first-order chi connectivity index (χ1) is 18.2. The van der Waals surface area contributed by atoms with Crippen LogP contribution in [0.2, 0.25) is 0 Å². The van der Waals surface area contributed by atoms with Gasteiger partial charge in [-0.1, -0.05) is 0 Å². The summed E-state index contributed by atoms with van der Waals surface area (Å²) in [6.45, 7) is 16.9. The number of aliphatic imine (C=N–C) groups is 2. The Morgan fingerprint density at radius 2 is 1.82 bits per heavy atom. The number of hydrogen-bond donors (Lipinski definition) is 3. The van der Waals surface area contributed by atoms with Gasteiger partial charge in [0.1, 0.15) is 11.6 Å². The van der Waals surface area contributed by atoms with Crippen molar-refractivity contribution in [3.8, 4) is 5.69 Å². The van der Waals surface area contributed by atoms with E-state index >= 15 is 4.39 Å². The lowest BCUT2D eigenvalue weighted by Crippen LogP contribution is -2.61. The lowest BCUT2D eigenvalue weighted by Gasteiger charge is -2.46. The maximum absolute atomic E-state index is 15.3. The quantitative estimate of drug-likeness (QED) is 0.349. The molecule has 2 heterocycles. The van der Waals surface area contributed by atoms with E-state index in [4.69, 9.17) is 0 Å². The van der Waals surface area contributed by atoms with E-state index in [0.29, 0.717) is 11.3 Å². The number of tetrazole rings is 1. The first-order valence-electron chi connectivity index (χ1n) is 13.3. The summed E-state index contributed by atoms with van der Waals surface area (Å²) in [7, 11) is 0. The second-order valence-corrected chi connectivity index (χ2v) is 12.1. The van der Waals surface area contributed by atoms with E-state index in [-0.39, 0.29) is 46.5 Å². The van der Waals surface area contributed by atoms with E-state index in [2.05, 4.69) is 70.8 Å². The number of nitrogens with one attached hydrogen (secondary N) is 3. The van der Waals surface area contributed by atoms with Gasteiger partial charge in [0.15, 0.2) is 5.82 Å². The van der Waals surface area contributed by atoms with Crippen LogP contribution in [0.5, 0.6) is 0 Å². The van der Waals surface area contributed by atoms with E-state index in [9.17, 15) is 9.18 Å². The van der Waals surface area contributed by atoms with Gasteiger partial charge < -0.3 is 16.0 Å². The van der Waals surface area contributed by atoms with E-state index in [1.165, 1.54) is 28.4 Å². The molecular weight excluding hydrogens is 504 g/mol. The number of benzene rings is 1. The van der Waals surface area contributed by atoms with Gasteiger partial charge in [-0.25, -0.2) is 18.6 Å². The summed E-state index contributed by atoms with van der Waals surface area (Å²) in [5.74, 6) is -1.05. The van der Waals surface area contributed by atoms with Crippen molar-refractivity contribution >= 4 is 18.4 Å². The Hall–Kier alpha value is -3.41. The number of guanidine groups is 1. The molecule has 2 aromatic rings. The summed E-state index contributed by atoms with van der Waals surface area (Å²) in [5, 5.41) is 17.6. The highest BCUT2D eigenvalue weighted by molar-refractivity contribution is 5.97. The van der Waals surface area contributed by atoms with E-state index < -0.39 is 17.3 Å². The standard InChI is InChI=1S/C27H39F2N9O/c1-15(2)37-25(39)38(36-35-37)22-12-21(20(29)11-19(22)17-9-10-17)32-24(30-8)33-23(16(3)28)31-18-13-26(4,5)34-27(6,7)14-18/h11-12,15,17-18,31,34H,8-10,13-14H2,1-7H3,(H,32,33)/b23-16+. The number of halogens is 2. The molecule has 1 aliphatic carbocycles. The molecule has 0 amide bonds. The number of rotatable bonds is 7. The number of allylic oxidation sites excluding steroid dienone is 1. The van der Waals surface area contributed by atoms with Crippen LogP contribution in [-0.2, 0) is 0 Å². The van der Waals surface area contributed by atoms with Gasteiger partial charge in [0.05, 0.1) is 17.4 Å². The van der Waals surface area contributed by atoms with Crippen molar-refractivity contribution in [2.45, 2.75) is 103 Å². The highest BCUT2D eigenvalue weighted by Crippen LogP contribution is 2.43. The summed E-state index contributed by atoms with van der Waals surface area (Å²) < 4.78 is 32.4. The van der Waals surface area contributed by atoms with Gasteiger partial charge in [0.25, 0.3) is 0 Å². The molecule has 0 bridgehead atoms. The molecule has 2 aliphatic rings. The fraction of sp³-hybridized carbons (Fsp3) is 0.593. The first-order valence-corrected chi connectivity index (χ1v) is 13.3. The monoisotopic (exact) mass is 543 g/mol. The lowest BCUT2D eigenvalue weighted by molar-refractivity contribution is 0.150. The Bertz CT molecular complexity index is 1350. The molecule has 3 N–H and O–H groups in total. The Morgan fingerprint density at radius 1 is 1.18 bits per heavy atom. The topological polar surface area (TPSA) is 114 Å². The Labute approximate surface area is 227 Å². The molecular formula is C27H39F2N9O. The average molecular weight is 544 g/mol. The molecule has 0 radical (unpaired) electrons. The van der Waals surface area contributed by atoms with Crippen LogP contribution in [0.25, 0.3) is 5.69 Å². The van der Waals surface area contributed by atoms with Crippen molar-refractivity contribution in [1.82, 2.24) is 30.4 Å². The van der Waals surface area contributed by atoms with Crippen LogP contribution >= 0.6 is 0 Å². The molecule has 0 unspecified atom stereocenters. The van der Waals surface area contributed by atoms with Crippen LogP contribution in [0.15, 0.2) is 38.6 Å². The zero-order valence-electron chi connectivity index (χ0n) is 23.8. The zero-order chi connectivity index (χ0) is 28.7. The van der Waals surface area contributed by atoms with E-state index in [0.717, 1.165) is 25.7 Å². The Morgan fingerprint density at radius 3 is 2.33 bits per heavy atom. The third-order valence-electron chi connectivity index (χ3n) is 6.93. The highest BCUT2D eigenvalue weighted by atomic mass is 19.1. The molecule has 39 heavy (non-hydrogen) atoms. The number of aromatic nitrogens is 4. The summed E-state index contributed by atoms with van der Waals surface area (Å²) in [5.41, 5.74) is 0.376. The normalized spacial score (nSPS) is 20.1. The minimum atomic E-state index is -0.557. The lowest BCUT2D eigenvalue weighted by atomic mass is 9.79. The summed E-state index contributed by atoms with van der Waals surface area (Å²) in [6, 6.07) is 2.64. The van der Waals surface area contributed by atoms with Crippen molar-refractivity contribution in [1.29, 1.82) is 0 Å². The number of piperidine rings is 1. The van der Waals surface area contributed by atoms with Crippen molar-refractivity contribution < 1.29 is 8.78 Å². The fourth-order valence-corrected chi connectivity index (χ4v) is 5.47. The van der Waals surface area contributed by atoms with Gasteiger partial charge in [-0.2, -0.15) is 14.4 Å². The molecule has 1 saturated heterocycles. The van der Waals surface area contributed by atoms with Crippen molar-refractivity contribution in [2.24, 2.45) is 9.98 Å². The highest BCUT2D eigenvalue weighted by Gasteiger charge is 2.38. The van der Waals surface area contributed by atoms with Crippen LogP contribution < -0.4 is 21.6 Å². The van der Waals surface area contributed by atoms with Crippen molar-refractivity contribution in [2.75, 3.05) is 5.32 Å². The van der Waals surface area contributed by atoms with Gasteiger partial charge >= 0.3 is 5.69 Å². The number of nitrogens with zero attached hydrogens (tertiary/aromatic N) is 6. The average Bonchev–Trinajstić information content (AvgIpc) is 3.58. The Kier molecular flexibility index (Phi) is 7.79. The van der Waals surface area contributed by atoms with Crippen LogP contribution in [0.4, 0.5) is 14.5 Å². The smallest absolute Gasteiger partial charge is 0.365 e. The minimum absolute atomic E-state index is 0.00488. The van der Waals surface area contributed by atoms with Gasteiger partial charge in [-0.05, 0) is 115 Å². The second-order valence-electron chi connectivity index (χ2n) is 12.1. The van der Waals surface area contributed by atoms with Crippen molar-refractivity contribution in [3.63, 3.8) is 0 Å². The van der Waals surface area contributed by atoms with Crippen LogP contribution in [-0.4, -0.2) is 49.6 Å². The predicted octanol–water partition coefficient (Wildman–Crippen LogP) is 4.55. The SMILES string of the molecule is C=N/C(=N\C(NC1CC(C)(C)NC(C)(C)C1)=C(/C)F)Nc1cc(-n2nnn(C(C)C)c2=O)c(C2CC2)cc1F. The second kappa shape index (κ2) is 10.6. The molecule has 4 rings (SSSR count). The van der Waals surface area contributed by atoms with Gasteiger partial charge in [0.2, 0.25) is 5.96 Å². The fourth-order valence-electron chi connectivity index (χ4n) is 5.47. The maximum Gasteiger partial charge on any atom is 0.368 e. The van der Waals surface area contributed by atoms with Gasteiger partial charge in [-0.3, -0.25) is 0 Å². The molecule has 1 saturated carbocycles. The van der Waals surface area contributed by atoms with Gasteiger partial charge in [0, 0.05) is 17.1 Å². The molecule has 0 spiro atoms. The summed E-state index contributed by atoms with van der Waals surface area (Å²) >= 11 is 0. The van der Waals surface area contributed by atoms with Crippen LogP contribution in [0, 0.1) is 5.82 Å².